The summed E-state index contributed by atoms with van der Waals surface area (Å²) in [6.07, 6.45) is 3.56. The zero-order chi connectivity index (χ0) is 20.9. The van der Waals surface area contributed by atoms with Gasteiger partial charge in [-0.3, -0.25) is 9.69 Å². The standard InChI is InChI=1S/C21H30N8O/c1-15-9-12-28(13-10-15)14-19-25-26-27-29(19)11-5-8-20(30)22-16(2)21-23-17-6-3-4-7-18(17)24-21/h3-4,6-7,15-16H,5,8-14H2,1-2H3,(H,22,30)(H,23,24)/t16-/m1/s1. The molecule has 0 aliphatic carbocycles. The average Bonchev–Trinajstić information content (AvgIpc) is 3.36. The highest BCUT2D eigenvalue weighted by Gasteiger charge is 2.19. The molecule has 0 radical (unpaired) electrons. The number of amides is 1. The number of aromatic nitrogens is 6. The Labute approximate surface area is 176 Å². The lowest BCUT2D eigenvalue weighted by Crippen LogP contribution is -2.33. The summed E-state index contributed by atoms with van der Waals surface area (Å²) in [7, 11) is 0. The zero-order valence-electron chi connectivity index (χ0n) is 17.7. The molecule has 9 nitrogen and oxygen atoms in total. The second-order valence-corrected chi connectivity index (χ2v) is 8.31. The Bertz CT molecular complexity index is 939. The number of aryl methyl sites for hydroxylation is 1. The first kappa shape index (κ1) is 20.5. The van der Waals surface area contributed by atoms with Gasteiger partial charge in [0.25, 0.3) is 0 Å². The van der Waals surface area contributed by atoms with E-state index in [0.29, 0.717) is 19.4 Å². The molecule has 1 atom stereocenters. The lowest BCUT2D eigenvalue weighted by atomic mass is 9.99. The fourth-order valence-corrected chi connectivity index (χ4v) is 3.88. The highest BCUT2D eigenvalue weighted by molar-refractivity contribution is 5.77. The highest BCUT2D eigenvalue weighted by atomic mass is 16.1. The number of nitrogens with zero attached hydrogens (tertiary/aromatic N) is 6. The van der Waals surface area contributed by atoms with E-state index in [-0.39, 0.29) is 11.9 Å². The maximum Gasteiger partial charge on any atom is 0.220 e. The number of H-pyrrole nitrogens is 1. The third-order valence-electron chi connectivity index (χ3n) is 5.82. The SMILES string of the molecule is CC1CCN(Cc2nnnn2CCCC(=O)N[C@H](C)c2nc3ccccc3[nH]2)CC1. The van der Waals surface area contributed by atoms with Crippen LogP contribution in [0.15, 0.2) is 24.3 Å². The van der Waals surface area contributed by atoms with Gasteiger partial charge in [0.15, 0.2) is 5.82 Å². The van der Waals surface area contributed by atoms with Gasteiger partial charge in [0, 0.05) is 13.0 Å². The highest BCUT2D eigenvalue weighted by Crippen LogP contribution is 2.18. The van der Waals surface area contributed by atoms with Crippen LogP contribution in [0.4, 0.5) is 0 Å². The summed E-state index contributed by atoms with van der Waals surface area (Å²) in [5.74, 6) is 2.45. The normalized spacial score (nSPS) is 16.7. The van der Waals surface area contributed by atoms with Crippen molar-refractivity contribution in [2.45, 2.75) is 58.7 Å². The summed E-state index contributed by atoms with van der Waals surface area (Å²) in [4.78, 5) is 22.6. The molecule has 2 N–H and O–H groups in total. The van der Waals surface area contributed by atoms with Crippen LogP contribution in [-0.4, -0.2) is 54.1 Å². The maximum atomic E-state index is 12.4. The molecule has 1 saturated heterocycles. The number of likely N-dealkylation sites (tertiary alicyclic amines) is 1. The summed E-state index contributed by atoms with van der Waals surface area (Å²) in [6, 6.07) is 7.68. The summed E-state index contributed by atoms with van der Waals surface area (Å²) in [5, 5.41) is 15.1. The van der Waals surface area contributed by atoms with Crippen LogP contribution in [0.1, 0.15) is 57.2 Å². The van der Waals surface area contributed by atoms with Gasteiger partial charge >= 0.3 is 0 Å². The molecule has 0 saturated carbocycles. The van der Waals surface area contributed by atoms with Crippen LogP contribution in [0.25, 0.3) is 11.0 Å². The number of nitrogens with one attached hydrogen (secondary N) is 2. The average molecular weight is 411 g/mol. The van der Waals surface area contributed by atoms with Crippen LogP contribution in [0, 0.1) is 5.92 Å². The molecule has 0 unspecified atom stereocenters. The zero-order valence-corrected chi connectivity index (χ0v) is 17.7. The third kappa shape index (κ3) is 5.02. The Hall–Kier alpha value is -2.81. The van der Waals surface area contributed by atoms with Gasteiger partial charge in [-0.2, -0.15) is 0 Å². The fourth-order valence-electron chi connectivity index (χ4n) is 3.88. The van der Waals surface area contributed by atoms with Crippen LogP contribution >= 0.6 is 0 Å². The number of carbonyl (C=O) groups is 1. The number of rotatable bonds is 8. The second-order valence-electron chi connectivity index (χ2n) is 8.31. The van der Waals surface area contributed by atoms with Crippen LogP contribution < -0.4 is 5.32 Å². The first-order chi connectivity index (χ1) is 14.6. The van der Waals surface area contributed by atoms with Crippen molar-refractivity contribution in [2.24, 2.45) is 5.92 Å². The van der Waals surface area contributed by atoms with Crippen LogP contribution in [0.5, 0.6) is 0 Å². The van der Waals surface area contributed by atoms with E-state index in [1.54, 1.807) is 0 Å². The van der Waals surface area contributed by atoms with E-state index in [1.807, 2.05) is 35.9 Å². The Balaban J connectivity index is 1.23. The number of benzene rings is 1. The smallest absolute Gasteiger partial charge is 0.220 e. The van der Waals surface area contributed by atoms with Crippen molar-refractivity contribution in [1.29, 1.82) is 0 Å². The Kier molecular flexibility index (Phi) is 6.37. The Morgan fingerprint density at radius 1 is 1.30 bits per heavy atom. The number of aromatic amines is 1. The summed E-state index contributed by atoms with van der Waals surface area (Å²) in [6.45, 7) is 7.84. The number of para-hydroxylation sites is 2. The van der Waals surface area contributed by atoms with E-state index in [9.17, 15) is 4.79 Å². The van der Waals surface area contributed by atoms with Crippen molar-refractivity contribution in [3.8, 4) is 0 Å². The molecule has 3 aromatic rings. The molecule has 1 aliphatic rings. The van der Waals surface area contributed by atoms with Crippen molar-refractivity contribution in [3.63, 3.8) is 0 Å². The predicted octanol–water partition coefficient (Wildman–Crippen LogP) is 2.44. The maximum absolute atomic E-state index is 12.4. The minimum atomic E-state index is -0.171. The van der Waals surface area contributed by atoms with Gasteiger partial charge < -0.3 is 10.3 Å². The molecule has 0 spiro atoms. The quantitative estimate of drug-likeness (QED) is 0.591. The topological polar surface area (TPSA) is 105 Å². The summed E-state index contributed by atoms with van der Waals surface area (Å²) < 4.78 is 1.83. The molecular formula is C21H30N8O. The molecule has 1 fully saturated rings. The summed E-state index contributed by atoms with van der Waals surface area (Å²) >= 11 is 0. The number of fused-ring (bicyclic) bond motifs is 1. The molecule has 30 heavy (non-hydrogen) atoms. The molecule has 4 rings (SSSR count). The van der Waals surface area contributed by atoms with Gasteiger partial charge in [-0.1, -0.05) is 19.1 Å². The number of piperidine rings is 1. The summed E-state index contributed by atoms with van der Waals surface area (Å²) in [5.41, 5.74) is 1.88. The Morgan fingerprint density at radius 3 is 2.90 bits per heavy atom. The van der Waals surface area contributed by atoms with Crippen LogP contribution in [0.2, 0.25) is 0 Å². The van der Waals surface area contributed by atoms with E-state index in [2.05, 4.69) is 42.6 Å². The predicted molar refractivity (Wildman–Crippen MR) is 113 cm³/mol. The van der Waals surface area contributed by atoms with Gasteiger partial charge in [0.05, 0.1) is 23.6 Å². The van der Waals surface area contributed by atoms with Crippen LogP contribution in [-0.2, 0) is 17.9 Å². The number of carbonyl (C=O) groups excluding carboxylic acids is 1. The number of hydrogen-bond acceptors (Lipinski definition) is 6. The number of hydrogen-bond donors (Lipinski definition) is 2. The fraction of sp³-hybridized carbons (Fsp3) is 0.571. The first-order valence-electron chi connectivity index (χ1n) is 10.8. The third-order valence-corrected chi connectivity index (χ3v) is 5.82. The molecule has 1 aromatic carbocycles. The van der Waals surface area contributed by atoms with Gasteiger partial charge in [-0.05, 0) is 67.8 Å². The second kappa shape index (κ2) is 9.34. The largest absolute Gasteiger partial charge is 0.346 e. The lowest BCUT2D eigenvalue weighted by molar-refractivity contribution is -0.121. The molecule has 9 heteroatoms. The first-order valence-corrected chi connectivity index (χ1v) is 10.8. The van der Waals surface area contributed by atoms with Gasteiger partial charge in [-0.15, -0.1) is 5.10 Å². The molecule has 0 bridgehead atoms. The van der Waals surface area contributed by atoms with E-state index in [4.69, 9.17) is 0 Å². The van der Waals surface area contributed by atoms with Gasteiger partial charge in [0.2, 0.25) is 5.91 Å². The van der Waals surface area contributed by atoms with Gasteiger partial charge in [-0.25, -0.2) is 9.67 Å². The van der Waals surface area contributed by atoms with Crippen LogP contribution in [0.3, 0.4) is 0 Å². The van der Waals surface area contributed by atoms with E-state index >= 15 is 0 Å². The number of tetrazole rings is 1. The molecule has 160 valence electrons. The monoisotopic (exact) mass is 410 g/mol. The Morgan fingerprint density at radius 2 is 2.10 bits per heavy atom. The van der Waals surface area contributed by atoms with Crippen molar-refractivity contribution < 1.29 is 4.79 Å². The van der Waals surface area contributed by atoms with E-state index in [1.165, 1.54) is 12.8 Å². The minimum Gasteiger partial charge on any atom is -0.346 e. The van der Waals surface area contributed by atoms with E-state index < -0.39 is 0 Å². The van der Waals surface area contributed by atoms with Crippen molar-refractivity contribution in [1.82, 2.24) is 40.4 Å². The van der Waals surface area contributed by atoms with Gasteiger partial charge in [0.1, 0.15) is 5.82 Å². The molecule has 3 heterocycles. The molecule has 2 aromatic heterocycles. The minimum absolute atomic E-state index is 0.00241. The number of imidazole rings is 1. The lowest BCUT2D eigenvalue weighted by Gasteiger charge is -2.29. The van der Waals surface area contributed by atoms with Crippen molar-refractivity contribution >= 4 is 16.9 Å². The molecule has 1 amide bonds. The van der Waals surface area contributed by atoms with E-state index in [0.717, 1.165) is 48.2 Å². The van der Waals surface area contributed by atoms with Crippen molar-refractivity contribution in [2.75, 3.05) is 13.1 Å². The molecular weight excluding hydrogens is 380 g/mol. The van der Waals surface area contributed by atoms with Crippen molar-refractivity contribution in [3.05, 3.63) is 35.9 Å². The molecule has 1 aliphatic heterocycles.